The lowest BCUT2D eigenvalue weighted by Gasteiger charge is -1.99. The summed E-state index contributed by atoms with van der Waals surface area (Å²) in [4.78, 5) is 8.49. The van der Waals surface area contributed by atoms with Crippen molar-refractivity contribution in [1.82, 2.24) is 9.97 Å². The molecule has 0 fully saturated rings. The number of rotatable bonds is 1. The fourth-order valence-corrected chi connectivity index (χ4v) is 2.44. The van der Waals surface area contributed by atoms with Gasteiger partial charge in [-0.05, 0) is 42.8 Å². The topological polar surface area (TPSA) is 38.9 Å². The molecular weight excluding hydrogens is 248 g/mol. The van der Waals surface area contributed by atoms with Crippen LogP contribution in [0.3, 0.4) is 0 Å². The van der Waals surface area contributed by atoms with E-state index in [0.29, 0.717) is 17.0 Å². The molecule has 3 heteroatoms. The molecule has 0 atom stereocenters. The van der Waals surface area contributed by atoms with Crippen molar-refractivity contribution in [3.05, 3.63) is 60.4 Å². The fraction of sp³-hybridized carbons (Fsp3) is 0.0588. The Kier molecular flexibility index (Phi) is 1.93. The van der Waals surface area contributed by atoms with Crippen LogP contribution in [0.2, 0.25) is 0 Å². The van der Waals surface area contributed by atoms with Gasteiger partial charge in [-0.15, -0.1) is 0 Å². The van der Waals surface area contributed by atoms with Crippen molar-refractivity contribution in [3.8, 4) is 11.3 Å². The van der Waals surface area contributed by atoms with Gasteiger partial charge in [-0.3, -0.25) is 4.98 Å². The van der Waals surface area contributed by atoms with Gasteiger partial charge < -0.3 is 4.42 Å². The predicted octanol–water partition coefficient (Wildman–Crippen LogP) is 4.35. The van der Waals surface area contributed by atoms with Crippen LogP contribution in [0, 0.1) is 6.92 Å². The number of hydrogen-bond acceptors (Lipinski definition) is 3. The molecule has 3 heterocycles. The number of nitrogens with zero attached hydrogens (tertiary/aromatic N) is 2. The maximum atomic E-state index is 7.99. The Morgan fingerprint density at radius 3 is 3.05 bits per heavy atom. The van der Waals surface area contributed by atoms with E-state index in [9.17, 15) is 0 Å². The van der Waals surface area contributed by atoms with E-state index >= 15 is 0 Å². The standard InChI is InChI=1S/C17H12N2O/c1-11-7-9-19-17-16(11)13-6-5-12(10-15(13)20-17)14-4-2-3-8-18-14/h2-10H,1H3/i2D,4D. The lowest BCUT2D eigenvalue weighted by atomic mass is 10.1. The van der Waals surface area contributed by atoms with Gasteiger partial charge in [0.1, 0.15) is 5.58 Å². The molecule has 0 unspecified atom stereocenters. The van der Waals surface area contributed by atoms with Gasteiger partial charge in [-0.25, -0.2) is 4.98 Å². The molecule has 0 bridgehead atoms. The molecule has 4 aromatic rings. The average molecular weight is 262 g/mol. The van der Waals surface area contributed by atoms with Gasteiger partial charge in [0.05, 0.1) is 13.8 Å². The number of pyridine rings is 2. The molecule has 3 nitrogen and oxygen atoms in total. The number of benzene rings is 1. The molecule has 0 radical (unpaired) electrons. The number of furan rings is 1. The zero-order valence-corrected chi connectivity index (χ0v) is 10.8. The van der Waals surface area contributed by atoms with Crippen molar-refractivity contribution in [2.24, 2.45) is 0 Å². The third-order valence-electron chi connectivity index (χ3n) is 3.41. The second-order valence-corrected chi connectivity index (χ2v) is 4.68. The molecule has 0 aliphatic carbocycles. The molecule has 1 aromatic carbocycles. The highest BCUT2D eigenvalue weighted by Crippen LogP contribution is 2.32. The van der Waals surface area contributed by atoms with E-state index in [2.05, 4.69) is 9.97 Å². The minimum Gasteiger partial charge on any atom is -0.438 e. The van der Waals surface area contributed by atoms with Crippen molar-refractivity contribution < 1.29 is 7.16 Å². The highest BCUT2D eigenvalue weighted by molar-refractivity contribution is 6.06. The summed E-state index contributed by atoms with van der Waals surface area (Å²) in [6.07, 6.45) is 3.28. The molecule has 96 valence electrons. The van der Waals surface area contributed by atoms with E-state index in [-0.39, 0.29) is 12.1 Å². The molecule has 20 heavy (non-hydrogen) atoms. The van der Waals surface area contributed by atoms with Crippen LogP contribution < -0.4 is 0 Å². The zero-order chi connectivity index (χ0) is 15.3. The number of aromatic nitrogens is 2. The Labute approximate surface area is 118 Å². The smallest absolute Gasteiger partial charge is 0.227 e. The molecule has 4 rings (SSSR count). The van der Waals surface area contributed by atoms with E-state index in [1.165, 1.54) is 6.07 Å². The Hall–Kier alpha value is -2.68. The van der Waals surface area contributed by atoms with Crippen LogP contribution in [0.5, 0.6) is 0 Å². The fourth-order valence-electron chi connectivity index (χ4n) is 2.44. The highest BCUT2D eigenvalue weighted by Gasteiger charge is 2.11. The van der Waals surface area contributed by atoms with E-state index < -0.39 is 0 Å². The van der Waals surface area contributed by atoms with Crippen LogP contribution in [0.25, 0.3) is 33.3 Å². The molecule has 0 aliphatic rings. The van der Waals surface area contributed by atoms with Gasteiger partial charge in [0.2, 0.25) is 5.71 Å². The Balaban J connectivity index is 2.00. The van der Waals surface area contributed by atoms with Crippen molar-refractivity contribution in [3.63, 3.8) is 0 Å². The highest BCUT2D eigenvalue weighted by atomic mass is 16.3. The Morgan fingerprint density at radius 1 is 1.15 bits per heavy atom. The van der Waals surface area contributed by atoms with Crippen LogP contribution in [0.1, 0.15) is 8.30 Å². The number of aryl methyl sites for hydroxylation is 1. The quantitative estimate of drug-likeness (QED) is 0.512. The van der Waals surface area contributed by atoms with Crippen LogP contribution >= 0.6 is 0 Å². The van der Waals surface area contributed by atoms with Gasteiger partial charge in [0.15, 0.2) is 0 Å². The summed E-state index contributed by atoms with van der Waals surface area (Å²) in [5.74, 6) is 0. The molecule has 0 N–H and O–H groups in total. The minimum absolute atomic E-state index is 0.118. The normalized spacial score (nSPS) is 12.7. The monoisotopic (exact) mass is 262 g/mol. The van der Waals surface area contributed by atoms with Crippen molar-refractivity contribution in [2.45, 2.75) is 6.92 Å². The summed E-state index contributed by atoms with van der Waals surface area (Å²) >= 11 is 0. The predicted molar refractivity (Wildman–Crippen MR) is 79.5 cm³/mol. The summed E-state index contributed by atoms with van der Waals surface area (Å²) in [7, 11) is 0. The number of fused-ring (bicyclic) bond motifs is 3. The maximum absolute atomic E-state index is 7.99. The molecule has 0 aliphatic heterocycles. The SMILES string of the molecule is [2H]c1ccnc(-c2ccc3c(c2)oc2nccc(C)c23)c1[2H]. The first-order valence-electron chi connectivity index (χ1n) is 7.35. The summed E-state index contributed by atoms with van der Waals surface area (Å²) in [5.41, 5.74) is 3.69. The third kappa shape index (κ3) is 1.60. The van der Waals surface area contributed by atoms with Crippen molar-refractivity contribution >= 4 is 22.1 Å². The lowest BCUT2D eigenvalue weighted by Crippen LogP contribution is -1.81. The summed E-state index contributed by atoms with van der Waals surface area (Å²) in [5, 5.41) is 2.01. The Morgan fingerprint density at radius 2 is 2.10 bits per heavy atom. The van der Waals surface area contributed by atoms with Gasteiger partial charge in [-0.2, -0.15) is 0 Å². The van der Waals surface area contributed by atoms with E-state index in [1.807, 2.05) is 31.2 Å². The van der Waals surface area contributed by atoms with Gasteiger partial charge in [0.25, 0.3) is 0 Å². The van der Waals surface area contributed by atoms with Gasteiger partial charge in [-0.1, -0.05) is 12.1 Å². The molecule has 0 saturated heterocycles. The van der Waals surface area contributed by atoms with Crippen molar-refractivity contribution in [2.75, 3.05) is 0 Å². The van der Waals surface area contributed by atoms with Crippen molar-refractivity contribution in [1.29, 1.82) is 0 Å². The largest absolute Gasteiger partial charge is 0.438 e. The molecular formula is C17H12N2O. The van der Waals surface area contributed by atoms with E-state index in [0.717, 1.165) is 21.9 Å². The number of hydrogen-bond donors (Lipinski definition) is 0. The molecule has 0 saturated carbocycles. The van der Waals surface area contributed by atoms with Crippen LogP contribution in [-0.4, -0.2) is 9.97 Å². The maximum Gasteiger partial charge on any atom is 0.227 e. The second kappa shape index (κ2) is 4.17. The first-order valence-corrected chi connectivity index (χ1v) is 6.35. The summed E-state index contributed by atoms with van der Waals surface area (Å²) < 4.78 is 21.5. The third-order valence-corrected chi connectivity index (χ3v) is 3.41. The minimum atomic E-state index is 0.118. The van der Waals surface area contributed by atoms with Crippen LogP contribution in [0.15, 0.2) is 59.2 Å². The van der Waals surface area contributed by atoms with Gasteiger partial charge in [0, 0.05) is 23.3 Å². The Bertz CT molecular complexity index is 1020. The summed E-state index contributed by atoms with van der Waals surface area (Å²) in [6, 6.07) is 9.47. The second-order valence-electron chi connectivity index (χ2n) is 4.68. The van der Waals surface area contributed by atoms with Crippen LogP contribution in [0.4, 0.5) is 0 Å². The molecule has 0 spiro atoms. The lowest BCUT2D eigenvalue weighted by molar-refractivity contribution is 0.654. The average Bonchev–Trinajstić information content (AvgIpc) is 2.88. The first-order chi connectivity index (χ1) is 10.6. The molecule has 3 aromatic heterocycles. The zero-order valence-electron chi connectivity index (χ0n) is 12.8. The van der Waals surface area contributed by atoms with E-state index in [1.54, 1.807) is 12.4 Å². The summed E-state index contributed by atoms with van der Waals surface area (Å²) in [6.45, 7) is 2.03. The molecule has 0 amide bonds. The van der Waals surface area contributed by atoms with Gasteiger partial charge >= 0.3 is 0 Å². The van der Waals surface area contributed by atoms with Crippen LogP contribution in [-0.2, 0) is 0 Å². The first kappa shape index (κ1) is 9.26. The van der Waals surface area contributed by atoms with E-state index in [4.69, 9.17) is 7.16 Å².